The Morgan fingerprint density at radius 2 is 2.44 bits per heavy atom. The van der Waals surface area contributed by atoms with Crippen LogP contribution in [-0.4, -0.2) is 5.04 Å². The average molecular weight is 139 g/mol. The molecule has 0 amide bonds. The van der Waals surface area contributed by atoms with Crippen LogP contribution in [0.25, 0.3) is 0 Å². The van der Waals surface area contributed by atoms with Gasteiger partial charge in [0.15, 0.2) is 0 Å². The van der Waals surface area contributed by atoms with E-state index in [-0.39, 0.29) is 0 Å². The van der Waals surface area contributed by atoms with E-state index < -0.39 is 0 Å². The summed E-state index contributed by atoms with van der Waals surface area (Å²) >= 11 is 3.92. The van der Waals surface area contributed by atoms with E-state index in [0.29, 0.717) is 5.04 Å². The minimum Gasteiger partial charge on any atom is -0.294 e. The molecule has 0 unspecified atom stereocenters. The van der Waals surface area contributed by atoms with Crippen molar-refractivity contribution in [2.24, 2.45) is 0 Å². The molecule has 0 radical (unpaired) electrons. The molecule has 0 aliphatic heterocycles. The molecule has 2 heteroatoms. The van der Waals surface area contributed by atoms with Crippen molar-refractivity contribution < 1.29 is 0 Å². The van der Waals surface area contributed by atoms with Gasteiger partial charge in [-0.05, 0) is 18.4 Å². The van der Waals surface area contributed by atoms with Crippen LogP contribution >= 0.6 is 12.6 Å². The van der Waals surface area contributed by atoms with Gasteiger partial charge in [-0.3, -0.25) is 5.41 Å². The van der Waals surface area contributed by atoms with Crippen molar-refractivity contribution in [2.45, 2.75) is 12.8 Å². The van der Waals surface area contributed by atoms with Crippen LogP contribution in [-0.2, 0) is 0 Å². The Morgan fingerprint density at radius 1 is 1.67 bits per heavy atom. The largest absolute Gasteiger partial charge is 0.294 e. The standard InChI is InChI=1S/C7H9NS/c8-7(9)6-4-2-1-3-5-6/h1-2,4H,3,5H2,(H2,8,9). The molecule has 1 nitrogen and oxygen atoms in total. The molecule has 0 spiro atoms. The first-order chi connectivity index (χ1) is 4.30. The Morgan fingerprint density at radius 3 is 2.78 bits per heavy atom. The molecule has 0 bridgehead atoms. The van der Waals surface area contributed by atoms with E-state index in [4.69, 9.17) is 5.41 Å². The van der Waals surface area contributed by atoms with Gasteiger partial charge in [-0.2, -0.15) is 0 Å². The van der Waals surface area contributed by atoms with Crippen molar-refractivity contribution in [2.75, 3.05) is 0 Å². The van der Waals surface area contributed by atoms with Crippen molar-refractivity contribution in [1.82, 2.24) is 0 Å². The lowest BCUT2D eigenvalue weighted by atomic mass is 10.1. The maximum atomic E-state index is 7.15. The van der Waals surface area contributed by atoms with E-state index in [0.717, 1.165) is 18.4 Å². The van der Waals surface area contributed by atoms with Crippen LogP contribution in [0.3, 0.4) is 0 Å². The molecular weight excluding hydrogens is 130 g/mol. The Kier molecular flexibility index (Phi) is 2.11. The predicted molar refractivity (Wildman–Crippen MR) is 43.2 cm³/mol. The average Bonchev–Trinajstić information content (AvgIpc) is 1.90. The van der Waals surface area contributed by atoms with Crippen molar-refractivity contribution in [3.63, 3.8) is 0 Å². The van der Waals surface area contributed by atoms with Gasteiger partial charge in [0.25, 0.3) is 0 Å². The van der Waals surface area contributed by atoms with Crippen LogP contribution in [0.15, 0.2) is 23.8 Å². The van der Waals surface area contributed by atoms with Gasteiger partial charge in [-0.15, -0.1) is 12.6 Å². The summed E-state index contributed by atoms with van der Waals surface area (Å²) in [4.78, 5) is 0. The highest BCUT2D eigenvalue weighted by atomic mass is 32.1. The molecule has 9 heavy (non-hydrogen) atoms. The molecule has 0 aromatic rings. The fourth-order valence-electron chi connectivity index (χ4n) is 0.800. The Balaban J connectivity index is 2.68. The van der Waals surface area contributed by atoms with Gasteiger partial charge >= 0.3 is 0 Å². The lowest BCUT2D eigenvalue weighted by Gasteiger charge is -2.04. The summed E-state index contributed by atoms with van der Waals surface area (Å²) in [7, 11) is 0. The van der Waals surface area contributed by atoms with Crippen LogP contribution in [0.5, 0.6) is 0 Å². The molecule has 0 atom stereocenters. The molecule has 0 aromatic carbocycles. The van der Waals surface area contributed by atoms with Crippen molar-refractivity contribution >= 4 is 17.7 Å². The number of hydrogen-bond acceptors (Lipinski definition) is 1. The molecule has 1 aliphatic rings. The summed E-state index contributed by atoms with van der Waals surface area (Å²) in [5.41, 5.74) is 1.04. The van der Waals surface area contributed by atoms with Gasteiger partial charge < -0.3 is 0 Å². The fourth-order valence-corrected chi connectivity index (χ4v) is 0.986. The number of rotatable bonds is 1. The third kappa shape index (κ3) is 1.72. The van der Waals surface area contributed by atoms with E-state index >= 15 is 0 Å². The first kappa shape index (κ1) is 6.62. The summed E-state index contributed by atoms with van der Waals surface area (Å²) in [6.07, 6.45) is 8.04. The van der Waals surface area contributed by atoms with Crippen molar-refractivity contribution in [3.05, 3.63) is 23.8 Å². The SMILES string of the molecule is N=C(S)C1=CC=CCC1. The maximum Gasteiger partial charge on any atom is 0.0871 e. The lowest BCUT2D eigenvalue weighted by Crippen LogP contribution is -1.93. The van der Waals surface area contributed by atoms with Crippen LogP contribution in [0.1, 0.15) is 12.8 Å². The predicted octanol–water partition coefficient (Wildman–Crippen LogP) is 2.17. The van der Waals surface area contributed by atoms with E-state index in [2.05, 4.69) is 18.7 Å². The van der Waals surface area contributed by atoms with E-state index in [1.807, 2.05) is 12.2 Å². The highest BCUT2D eigenvalue weighted by Gasteiger charge is 2.00. The normalized spacial score (nSPS) is 17.2. The molecule has 0 saturated heterocycles. The van der Waals surface area contributed by atoms with Crippen LogP contribution in [0.2, 0.25) is 0 Å². The van der Waals surface area contributed by atoms with Gasteiger partial charge in [0.1, 0.15) is 0 Å². The van der Waals surface area contributed by atoms with Gasteiger partial charge in [0, 0.05) is 0 Å². The third-order valence-electron chi connectivity index (χ3n) is 1.32. The highest BCUT2D eigenvalue weighted by Crippen LogP contribution is 2.13. The third-order valence-corrected chi connectivity index (χ3v) is 1.61. The van der Waals surface area contributed by atoms with E-state index in [1.54, 1.807) is 0 Å². The smallest absolute Gasteiger partial charge is 0.0871 e. The lowest BCUT2D eigenvalue weighted by molar-refractivity contribution is 1.01. The van der Waals surface area contributed by atoms with Crippen LogP contribution in [0.4, 0.5) is 0 Å². The second-order valence-corrected chi connectivity index (χ2v) is 2.45. The minimum absolute atomic E-state index is 0.402. The van der Waals surface area contributed by atoms with Gasteiger partial charge in [0.2, 0.25) is 0 Å². The van der Waals surface area contributed by atoms with Crippen LogP contribution < -0.4 is 0 Å². The first-order valence-corrected chi connectivity index (χ1v) is 3.39. The Bertz CT molecular complexity index is 179. The number of hydrogen-bond donors (Lipinski definition) is 2. The van der Waals surface area contributed by atoms with Gasteiger partial charge in [0.05, 0.1) is 5.04 Å². The quantitative estimate of drug-likeness (QED) is 0.316. The van der Waals surface area contributed by atoms with E-state index in [9.17, 15) is 0 Å². The number of allylic oxidation sites excluding steroid dienone is 3. The number of nitrogens with one attached hydrogen (secondary N) is 1. The highest BCUT2D eigenvalue weighted by molar-refractivity contribution is 7.97. The monoisotopic (exact) mass is 139 g/mol. The van der Waals surface area contributed by atoms with Crippen molar-refractivity contribution in [1.29, 1.82) is 5.41 Å². The summed E-state index contributed by atoms with van der Waals surface area (Å²) in [5.74, 6) is 0. The van der Waals surface area contributed by atoms with Gasteiger partial charge in [-0.25, -0.2) is 0 Å². The second kappa shape index (κ2) is 2.87. The number of thiol groups is 1. The zero-order valence-electron chi connectivity index (χ0n) is 5.09. The molecule has 0 fully saturated rings. The molecular formula is C7H9NS. The minimum atomic E-state index is 0.402. The molecule has 1 N–H and O–H groups in total. The zero-order valence-corrected chi connectivity index (χ0v) is 5.99. The first-order valence-electron chi connectivity index (χ1n) is 2.94. The molecule has 48 valence electrons. The topological polar surface area (TPSA) is 23.9 Å². The summed E-state index contributed by atoms with van der Waals surface area (Å²) in [6, 6.07) is 0. The van der Waals surface area contributed by atoms with Crippen LogP contribution in [0, 0.1) is 5.41 Å². The summed E-state index contributed by atoms with van der Waals surface area (Å²) in [6.45, 7) is 0. The second-order valence-electron chi connectivity index (χ2n) is 2.01. The molecule has 0 saturated carbocycles. The van der Waals surface area contributed by atoms with Crippen molar-refractivity contribution in [3.8, 4) is 0 Å². The molecule has 1 aliphatic carbocycles. The summed E-state index contributed by atoms with van der Waals surface area (Å²) in [5, 5.41) is 7.55. The zero-order chi connectivity index (χ0) is 6.69. The molecule has 1 rings (SSSR count). The molecule has 0 heterocycles. The summed E-state index contributed by atoms with van der Waals surface area (Å²) < 4.78 is 0. The van der Waals surface area contributed by atoms with E-state index in [1.165, 1.54) is 0 Å². The fraction of sp³-hybridized carbons (Fsp3) is 0.286. The van der Waals surface area contributed by atoms with Gasteiger partial charge in [-0.1, -0.05) is 18.2 Å². The molecule has 0 aromatic heterocycles. The maximum absolute atomic E-state index is 7.15. The Labute approximate surface area is 60.4 Å². The Hall–Kier alpha value is -0.500.